The molecule has 13 nitrogen and oxygen atoms in total. The van der Waals surface area contributed by atoms with Crippen LogP contribution in [0.4, 0.5) is 5.13 Å². The van der Waals surface area contributed by atoms with Gasteiger partial charge in [-0.15, -0.1) is 11.3 Å². The van der Waals surface area contributed by atoms with Crippen molar-refractivity contribution in [3.8, 4) is 11.3 Å². The van der Waals surface area contributed by atoms with Crippen LogP contribution in [-0.2, 0) is 19.1 Å². The number of nitrogens with zero attached hydrogens (tertiary/aromatic N) is 7. The fourth-order valence-corrected chi connectivity index (χ4v) is 6.89. The Hall–Kier alpha value is -3.55. The van der Waals surface area contributed by atoms with Gasteiger partial charge in [0.05, 0.1) is 24.4 Å². The molecule has 3 aliphatic rings. The summed E-state index contributed by atoms with van der Waals surface area (Å²) in [6.07, 6.45) is -0.315. The van der Waals surface area contributed by atoms with Crippen molar-refractivity contribution in [2.45, 2.75) is 51.4 Å². The molecule has 0 bridgehead atoms. The Morgan fingerprint density at radius 2 is 1.95 bits per heavy atom. The average Bonchev–Trinajstić information content (AvgIpc) is 3.73. The topological polar surface area (TPSA) is 153 Å². The van der Waals surface area contributed by atoms with E-state index in [1.807, 2.05) is 38.3 Å². The third-order valence-electron chi connectivity index (χ3n) is 8.25. The van der Waals surface area contributed by atoms with Crippen LogP contribution in [0.15, 0.2) is 34.8 Å². The second-order valence-electron chi connectivity index (χ2n) is 12.7. The van der Waals surface area contributed by atoms with Gasteiger partial charge in [0, 0.05) is 67.8 Å². The molecule has 5 rings (SSSR count). The maximum atomic E-state index is 13.8. The molecule has 0 radical (unpaired) electrons. The molecule has 3 saturated heterocycles. The van der Waals surface area contributed by atoms with E-state index in [9.17, 15) is 14.4 Å². The lowest BCUT2D eigenvalue weighted by Gasteiger charge is -2.34. The van der Waals surface area contributed by atoms with Gasteiger partial charge in [0.15, 0.2) is 10.9 Å². The van der Waals surface area contributed by atoms with Crippen molar-refractivity contribution in [1.29, 1.82) is 0 Å². The lowest BCUT2D eigenvalue weighted by atomic mass is 9.87. The summed E-state index contributed by atoms with van der Waals surface area (Å²) in [5.41, 5.74) is 10.8. The Balaban J connectivity index is 1.25. The maximum absolute atomic E-state index is 13.8. The number of amides is 2. The van der Waals surface area contributed by atoms with Crippen LogP contribution in [0.3, 0.4) is 0 Å². The Labute approximate surface area is 261 Å². The third kappa shape index (κ3) is 7.22. The molecule has 14 heteroatoms. The van der Waals surface area contributed by atoms with E-state index >= 15 is 0 Å². The molecule has 3 aliphatic heterocycles. The number of thiazole rings is 1. The van der Waals surface area contributed by atoms with Crippen molar-refractivity contribution in [3.05, 3.63) is 45.7 Å². The molecule has 2 aromatic rings. The fraction of sp³-hybridized carbons (Fsp3) is 0.600. The summed E-state index contributed by atoms with van der Waals surface area (Å²) in [5.74, 6) is -1.00. The van der Waals surface area contributed by atoms with Gasteiger partial charge in [0.1, 0.15) is 18.7 Å². The zero-order chi connectivity index (χ0) is 31.4. The first kappa shape index (κ1) is 31.9. The number of likely N-dealkylation sites (tertiary alicyclic amines) is 1. The monoisotopic (exact) mass is 624 g/mol. The normalized spacial score (nSPS) is 22.9. The van der Waals surface area contributed by atoms with Crippen molar-refractivity contribution in [2.24, 2.45) is 10.5 Å². The number of hydrogen-bond acceptors (Lipinski definition) is 10. The molecule has 236 valence electrons. The molecule has 0 aliphatic carbocycles. The molecular weight excluding hydrogens is 584 g/mol. The molecule has 3 fully saturated rings. The zero-order valence-electron chi connectivity index (χ0n) is 25.6. The minimum Gasteiger partial charge on any atom is -0.383 e. The summed E-state index contributed by atoms with van der Waals surface area (Å²) >= 11 is 1.61. The molecule has 1 aromatic carbocycles. The van der Waals surface area contributed by atoms with E-state index in [1.54, 1.807) is 30.6 Å². The van der Waals surface area contributed by atoms with Crippen LogP contribution in [0.5, 0.6) is 0 Å². The van der Waals surface area contributed by atoms with Gasteiger partial charge in [0.2, 0.25) is 5.91 Å². The third-order valence-corrected chi connectivity index (χ3v) is 9.15. The van der Waals surface area contributed by atoms with E-state index in [0.29, 0.717) is 12.0 Å². The van der Waals surface area contributed by atoms with Gasteiger partial charge in [-0.05, 0) is 29.5 Å². The number of Topliss-reactive ketones (excluding diaryl/α,β-unsaturated/α-hetero) is 1. The Bertz CT molecular complexity index is 1390. The first-order chi connectivity index (χ1) is 21.1. The number of fused-ring (bicyclic) bond motifs is 1. The molecule has 0 spiro atoms. The number of ketones is 1. The maximum Gasteiger partial charge on any atom is 0.251 e. The van der Waals surface area contributed by atoms with Crippen LogP contribution in [-0.4, -0.2) is 116 Å². The van der Waals surface area contributed by atoms with Crippen LogP contribution < -0.4 is 10.2 Å². The van der Waals surface area contributed by atoms with Gasteiger partial charge in [-0.1, -0.05) is 38.0 Å². The van der Waals surface area contributed by atoms with Crippen LogP contribution in [0, 0.1) is 5.41 Å². The number of azide groups is 1. The highest BCUT2D eigenvalue weighted by atomic mass is 32.1. The van der Waals surface area contributed by atoms with Crippen molar-refractivity contribution in [2.75, 3.05) is 64.5 Å². The van der Waals surface area contributed by atoms with Gasteiger partial charge in [-0.3, -0.25) is 19.3 Å². The number of nitrogens with one attached hydrogen (secondary N) is 1. The smallest absolute Gasteiger partial charge is 0.251 e. The molecule has 1 aromatic heterocycles. The lowest BCUT2D eigenvalue weighted by molar-refractivity contribution is -0.138. The van der Waals surface area contributed by atoms with Crippen LogP contribution in [0.1, 0.15) is 37.6 Å². The quantitative estimate of drug-likeness (QED) is 0.241. The van der Waals surface area contributed by atoms with E-state index in [0.717, 1.165) is 55.7 Å². The van der Waals surface area contributed by atoms with Gasteiger partial charge in [-0.25, -0.2) is 4.98 Å². The molecule has 0 saturated carbocycles. The van der Waals surface area contributed by atoms with E-state index in [-0.39, 0.29) is 36.2 Å². The van der Waals surface area contributed by atoms with Gasteiger partial charge in [-0.2, -0.15) is 0 Å². The molecule has 1 N–H and O–H groups in total. The number of hydrogen-bond donors (Lipinski definition) is 1. The molecule has 0 unspecified atom stereocenters. The van der Waals surface area contributed by atoms with Gasteiger partial charge < -0.3 is 24.6 Å². The predicted molar refractivity (Wildman–Crippen MR) is 167 cm³/mol. The lowest BCUT2D eigenvalue weighted by Crippen LogP contribution is -2.53. The van der Waals surface area contributed by atoms with Crippen molar-refractivity contribution in [3.63, 3.8) is 0 Å². The van der Waals surface area contributed by atoms with Crippen LogP contribution >= 0.6 is 11.3 Å². The minimum atomic E-state index is -0.878. The molecule has 2 amide bonds. The number of benzene rings is 1. The minimum absolute atomic E-state index is 0.0638. The molecule has 44 heavy (non-hydrogen) atoms. The van der Waals surface area contributed by atoms with E-state index in [4.69, 9.17) is 20.0 Å². The highest BCUT2D eigenvalue weighted by Gasteiger charge is 2.53. The van der Waals surface area contributed by atoms with Gasteiger partial charge >= 0.3 is 0 Å². The number of rotatable bonds is 10. The van der Waals surface area contributed by atoms with Gasteiger partial charge in [0.25, 0.3) is 5.91 Å². The molecular formula is C30H40N8O5S. The average molecular weight is 625 g/mol. The van der Waals surface area contributed by atoms with Crippen LogP contribution in [0.25, 0.3) is 21.7 Å². The molecule has 4 heterocycles. The van der Waals surface area contributed by atoms with E-state index in [1.165, 1.54) is 4.90 Å². The van der Waals surface area contributed by atoms with E-state index < -0.39 is 24.2 Å². The largest absolute Gasteiger partial charge is 0.383 e. The number of carbonyl (C=O) groups is 3. The second kappa shape index (κ2) is 13.6. The summed E-state index contributed by atoms with van der Waals surface area (Å²) in [4.78, 5) is 53.6. The summed E-state index contributed by atoms with van der Waals surface area (Å²) in [6.45, 7) is 11.3. The number of aromatic nitrogens is 1. The number of carbonyl (C=O) groups excluding carboxylic acids is 3. The highest BCUT2D eigenvalue weighted by Crippen LogP contribution is 2.32. The zero-order valence-corrected chi connectivity index (χ0v) is 26.5. The van der Waals surface area contributed by atoms with Crippen molar-refractivity contribution in [1.82, 2.24) is 20.1 Å². The predicted octanol–water partition coefficient (Wildman–Crippen LogP) is 2.97. The fourth-order valence-electron chi connectivity index (χ4n) is 6.00. The summed E-state index contributed by atoms with van der Waals surface area (Å²) in [7, 11) is 1.72. The van der Waals surface area contributed by atoms with Crippen molar-refractivity contribution < 1.29 is 23.9 Å². The number of anilines is 1. The number of piperazine rings is 1. The first-order valence-corrected chi connectivity index (χ1v) is 15.8. The van der Waals surface area contributed by atoms with E-state index in [2.05, 4.69) is 25.1 Å². The highest BCUT2D eigenvalue weighted by molar-refractivity contribution is 7.14. The Kier molecular flexibility index (Phi) is 9.86. The molecule has 4 atom stereocenters. The standard InChI is InChI=1S/C30H40N8O5S/c1-30(2,3)15-21(28(41)38-16-22(34-35-31)26-25(38)24(39)17-43-26)32-27(40)20-7-5-19(6-8-20)23-18-44-29(33-23)37-11-9-36(10-12-37)13-14-42-4/h5-8,18,21-22,25-26H,9-17H2,1-4H3,(H,32,40)/t21-,22+,25+,26+/m0/s1. The van der Waals surface area contributed by atoms with Crippen molar-refractivity contribution >= 4 is 34.1 Å². The second-order valence-corrected chi connectivity index (χ2v) is 13.5. The Morgan fingerprint density at radius 1 is 1.23 bits per heavy atom. The summed E-state index contributed by atoms with van der Waals surface area (Å²) in [5, 5.41) is 9.68. The van der Waals surface area contributed by atoms with Crippen LogP contribution in [0.2, 0.25) is 0 Å². The number of methoxy groups -OCH3 is 1. The first-order valence-electron chi connectivity index (χ1n) is 14.9. The summed E-state index contributed by atoms with van der Waals surface area (Å²) < 4.78 is 10.8. The SMILES string of the molecule is COCCN1CCN(c2nc(-c3ccc(C(=O)N[C@@H](CC(C)(C)C)C(=O)N4C[C@@H](N=[N+]=[N-])[C@H]5OCC(=O)[C@H]54)cc3)cs2)CC1. The summed E-state index contributed by atoms with van der Waals surface area (Å²) in [6, 6.07) is 4.83. The Morgan fingerprint density at radius 3 is 2.61 bits per heavy atom. The number of ether oxygens (including phenoxy) is 2.